The molecule has 0 spiro atoms. The third-order valence-corrected chi connectivity index (χ3v) is 2.21. The summed E-state index contributed by atoms with van der Waals surface area (Å²) in [6.45, 7) is 10.9. The molecule has 0 aliphatic rings. The Bertz CT molecular complexity index is 339. The van der Waals surface area contributed by atoms with Gasteiger partial charge < -0.3 is 18.9 Å². The van der Waals surface area contributed by atoms with Crippen molar-refractivity contribution in [3.05, 3.63) is 0 Å². The van der Waals surface area contributed by atoms with Gasteiger partial charge in [0.15, 0.2) is 0 Å². The Morgan fingerprint density at radius 1 is 1.00 bits per heavy atom. The zero-order chi connectivity index (χ0) is 16.5. The molecule has 1 atom stereocenters. The number of carbonyl (C=O) groups is 2. The van der Waals surface area contributed by atoms with Gasteiger partial charge in [0.05, 0.1) is 6.61 Å². The van der Waals surface area contributed by atoms with Gasteiger partial charge in [-0.15, -0.1) is 0 Å². The molecule has 0 aromatic heterocycles. The van der Waals surface area contributed by atoms with Crippen molar-refractivity contribution in [2.24, 2.45) is 0 Å². The molecule has 0 aromatic carbocycles. The molecule has 1 amide bonds. The van der Waals surface area contributed by atoms with E-state index in [-0.39, 0.29) is 19.8 Å². The van der Waals surface area contributed by atoms with Gasteiger partial charge in [-0.3, -0.25) is 5.32 Å². The van der Waals surface area contributed by atoms with Gasteiger partial charge in [0.2, 0.25) is 0 Å². The number of ether oxygens (including phenoxy) is 4. The zero-order valence-electron chi connectivity index (χ0n) is 13.8. The van der Waals surface area contributed by atoms with Gasteiger partial charge in [0.1, 0.15) is 12.2 Å². The van der Waals surface area contributed by atoms with Crippen LogP contribution < -0.4 is 5.32 Å². The predicted octanol–water partition coefficient (Wildman–Crippen LogP) is 1.84. The molecule has 7 heteroatoms. The Labute approximate surface area is 126 Å². The maximum absolute atomic E-state index is 12.2. The molecular formula is C14H27NO6. The van der Waals surface area contributed by atoms with E-state index in [1.54, 1.807) is 41.5 Å². The van der Waals surface area contributed by atoms with E-state index in [1.807, 2.05) is 0 Å². The average Bonchev–Trinajstić information content (AvgIpc) is 2.34. The van der Waals surface area contributed by atoms with Crippen molar-refractivity contribution in [2.75, 3.05) is 26.4 Å². The third kappa shape index (κ3) is 7.29. The van der Waals surface area contributed by atoms with Gasteiger partial charge in [0, 0.05) is 13.2 Å². The second kappa shape index (κ2) is 8.84. The van der Waals surface area contributed by atoms with Gasteiger partial charge in [-0.1, -0.05) is 0 Å². The lowest BCUT2D eigenvalue weighted by Gasteiger charge is -2.32. The largest absolute Gasteiger partial charge is 0.462 e. The van der Waals surface area contributed by atoms with Crippen molar-refractivity contribution < 1.29 is 28.5 Å². The maximum Gasteiger partial charge on any atom is 0.410 e. The number of nitrogens with one attached hydrogen (secondary N) is 1. The van der Waals surface area contributed by atoms with Crippen LogP contribution in [0.5, 0.6) is 0 Å². The molecular weight excluding hydrogens is 278 g/mol. The van der Waals surface area contributed by atoms with Crippen LogP contribution in [-0.4, -0.2) is 49.8 Å². The fraction of sp³-hybridized carbons (Fsp3) is 0.857. The van der Waals surface area contributed by atoms with Crippen LogP contribution in [0.1, 0.15) is 41.5 Å². The van der Waals surface area contributed by atoms with Crippen LogP contribution in [0.2, 0.25) is 0 Å². The van der Waals surface area contributed by atoms with Gasteiger partial charge in [-0.25, -0.2) is 9.59 Å². The van der Waals surface area contributed by atoms with E-state index in [9.17, 15) is 9.59 Å². The van der Waals surface area contributed by atoms with E-state index < -0.39 is 23.4 Å². The summed E-state index contributed by atoms with van der Waals surface area (Å²) >= 11 is 0. The Balaban J connectivity index is 5.14. The molecule has 0 aromatic rings. The summed E-state index contributed by atoms with van der Waals surface area (Å²) in [5, 5.41) is 2.42. The second-order valence-electron chi connectivity index (χ2n) is 5.24. The van der Waals surface area contributed by atoms with Crippen LogP contribution in [0.15, 0.2) is 0 Å². The molecule has 0 rings (SSSR count). The van der Waals surface area contributed by atoms with Crippen molar-refractivity contribution in [3.63, 3.8) is 0 Å². The Morgan fingerprint density at radius 3 is 2.05 bits per heavy atom. The lowest BCUT2D eigenvalue weighted by atomic mass is 10.2. The zero-order valence-corrected chi connectivity index (χ0v) is 13.8. The molecule has 7 nitrogen and oxygen atoms in total. The summed E-state index contributed by atoms with van der Waals surface area (Å²) in [5.74, 6) is -0.717. The fourth-order valence-electron chi connectivity index (χ4n) is 1.49. The average molecular weight is 305 g/mol. The third-order valence-electron chi connectivity index (χ3n) is 2.21. The highest BCUT2D eigenvalue weighted by Gasteiger charge is 2.44. The molecule has 0 bridgehead atoms. The second-order valence-corrected chi connectivity index (χ2v) is 5.24. The Kier molecular flexibility index (Phi) is 8.27. The fourth-order valence-corrected chi connectivity index (χ4v) is 1.49. The van der Waals surface area contributed by atoms with Crippen molar-refractivity contribution in [2.45, 2.75) is 52.9 Å². The molecule has 0 fully saturated rings. The number of alkyl carbamates (subject to hydrolysis) is 1. The number of esters is 1. The first-order valence-corrected chi connectivity index (χ1v) is 7.10. The molecule has 1 N–H and O–H groups in total. The smallest absolute Gasteiger partial charge is 0.410 e. The molecule has 0 saturated carbocycles. The minimum absolute atomic E-state index is 0.157. The summed E-state index contributed by atoms with van der Waals surface area (Å²) in [4.78, 5) is 24.1. The molecule has 21 heavy (non-hydrogen) atoms. The van der Waals surface area contributed by atoms with Gasteiger partial charge in [-0.2, -0.15) is 0 Å². The topological polar surface area (TPSA) is 83.1 Å². The quantitative estimate of drug-likeness (QED) is 0.544. The maximum atomic E-state index is 12.2. The molecule has 0 aliphatic carbocycles. The van der Waals surface area contributed by atoms with Crippen molar-refractivity contribution in [1.82, 2.24) is 5.32 Å². The first-order valence-electron chi connectivity index (χ1n) is 7.10. The number of hydrogen-bond acceptors (Lipinski definition) is 6. The van der Waals surface area contributed by atoms with E-state index in [2.05, 4.69) is 5.32 Å². The van der Waals surface area contributed by atoms with Crippen LogP contribution in [0.25, 0.3) is 0 Å². The summed E-state index contributed by atoms with van der Waals surface area (Å²) in [6, 6.07) is 0. The lowest BCUT2D eigenvalue weighted by Crippen LogP contribution is -2.61. The van der Waals surface area contributed by atoms with E-state index >= 15 is 0 Å². The van der Waals surface area contributed by atoms with Crippen LogP contribution >= 0.6 is 0 Å². The van der Waals surface area contributed by atoms with Gasteiger partial charge >= 0.3 is 12.1 Å². The summed E-state index contributed by atoms with van der Waals surface area (Å²) < 4.78 is 20.8. The predicted molar refractivity (Wildman–Crippen MR) is 76.9 cm³/mol. The van der Waals surface area contributed by atoms with E-state index in [4.69, 9.17) is 18.9 Å². The highest BCUT2D eigenvalue weighted by atomic mass is 16.6. The van der Waals surface area contributed by atoms with E-state index in [1.165, 1.54) is 0 Å². The van der Waals surface area contributed by atoms with Crippen LogP contribution in [0.4, 0.5) is 4.79 Å². The minimum atomic E-state index is -1.71. The normalized spacial score (nSPS) is 14.2. The molecule has 0 radical (unpaired) electrons. The molecule has 0 unspecified atom stereocenters. The SMILES string of the molecule is CCOC[C@@](NC(=O)OC(C)(C)C)(OCC)C(=O)OCC. The minimum Gasteiger partial charge on any atom is -0.462 e. The number of hydrogen-bond donors (Lipinski definition) is 1. The highest BCUT2D eigenvalue weighted by molar-refractivity contribution is 5.84. The summed E-state index contributed by atoms with van der Waals surface area (Å²) in [6.07, 6.45) is -0.774. The Hall–Kier alpha value is -1.34. The number of carbonyl (C=O) groups excluding carboxylic acids is 2. The van der Waals surface area contributed by atoms with Crippen LogP contribution in [0, 0.1) is 0 Å². The van der Waals surface area contributed by atoms with Crippen LogP contribution in [-0.2, 0) is 23.7 Å². The first-order chi connectivity index (χ1) is 9.70. The molecule has 0 saturated heterocycles. The van der Waals surface area contributed by atoms with E-state index in [0.29, 0.717) is 6.61 Å². The number of rotatable bonds is 8. The molecule has 124 valence electrons. The van der Waals surface area contributed by atoms with Crippen LogP contribution in [0.3, 0.4) is 0 Å². The van der Waals surface area contributed by atoms with Gasteiger partial charge in [0.25, 0.3) is 5.72 Å². The van der Waals surface area contributed by atoms with Crippen molar-refractivity contribution in [3.8, 4) is 0 Å². The Morgan fingerprint density at radius 2 is 1.62 bits per heavy atom. The monoisotopic (exact) mass is 305 g/mol. The number of amides is 1. The van der Waals surface area contributed by atoms with Crippen molar-refractivity contribution >= 4 is 12.1 Å². The highest BCUT2D eigenvalue weighted by Crippen LogP contribution is 2.14. The lowest BCUT2D eigenvalue weighted by molar-refractivity contribution is -0.185. The summed E-state index contributed by atoms with van der Waals surface area (Å²) in [7, 11) is 0. The standard InChI is InChI=1S/C14H27NO6/c1-7-18-10-14(20-9-3,11(16)19-8-2)15-12(17)21-13(4,5)6/h7-10H2,1-6H3,(H,15,17)/t14-/m1/s1. The van der Waals surface area contributed by atoms with Gasteiger partial charge in [-0.05, 0) is 41.5 Å². The summed E-state index contributed by atoms with van der Waals surface area (Å²) in [5.41, 5.74) is -2.40. The molecule has 0 heterocycles. The van der Waals surface area contributed by atoms with E-state index in [0.717, 1.165) is 0 Å². The van der Waals surface area contributed by atoms with Crippen molar-refractivity contribution in [1.29, 1.82) is 0 Å². The first kappa shape index (κ1) is 19.7. The molecule has 0 aliphatic heterocycles.